The van der Waals surface area contributed by atoms with Gasteiger partial charge in [0.15, 0.2) is 11.8 Å². The molecule has 9 heteroatoms. The fourth-order valence-corrected chi connectivity index (χ4v) is 3.91. The van der Waals surface area contributed by atoms with Crippen molar-refractivity contribution >= 4 is 17.3 Å². The number of aryl methyl sites for hydroxylation is 1. The highest BCUT2D eigenvalue weighted by Gasteiger charge is 2.22. The third-order valence-electron chi connectivity index (χ3n) is 5.14. The Morgan fingerprint density at radius 3 is 2.79 bits per heavy atom. The van der Waals surface area contributed by atoms with Crippen molar-refractivity contribution in [2.75, 3.05) is 33.4 Å². The van der Waals surface area contributed by atoms with E-state index in [0.29, 0.717) is 12.6 Å². The maximum atomic E-state index is 5.99. The lowest BCUT2D eigenvalue weighted by Gasteiger charge is -2.34. The molecule has 29 heavy (non-hydrogen) atoms. The first kappa shape index (κ1) is 21.7. The average Bonchev–Trinajstić information content (AvgIpc) is 3.37. The number of nitrogens with zero attached hydrogens (tertiary/aromatic N) is 5. The summed E-state index contributed by atoms with van der Waals surface area (Å²) in [4.78, 5) is 8.48. The predicted octanol–water partition coefficient (Wildman–Crippen LogP) is 2.35. The Bertz CT molecular complexity index is 753. The van der Waals surface area contributed by atoms with E-state index >= 15 is 0 Å². The molecule has 2 aromatic rings. The number of hydrogen-bond donors (Lipinski definition) is 1. The van der Waals surface area contributed by atoms with Crippen molar-refractivity contribution < 1.29 is 9.47 Å². The smallest absolute Gasteiger partial charge is 0.194 e. The van der Waals surface area contributed by atoms with Gasteiger partial charge in [0.2, 0.25) is 0 Å². The van der Waals surface area contributed by atoms with Gasteiger partial charge < -0.3 is 24.3 Å². The van der Waals surface area contributed by atoms with Gasteiger partial charge in [-0.15, -0.1) is 21.5 Å². The number of aromatic nitrogens is 3. The highest BCUT2D eigenvalue weighted by atomic mass is 32.1. The zero-order chi connectivity index (χ0) is 20.5. The van der Waals surface area contributed by atoms with Gasteiger partial charge in [0, 0.05) is 45.3 Å². The molecule has 0 saturated carbocycles. The lowest BCUT2D eigenvalue weighted by Crippen LogP contribution is -2.46. The van der Waals surface area contributed by atoms with Crippen LogP contribution in [0.3, 0.4) is 0 Å². The Balaban J connectivity index is 1.57. The minimum Gasteiger partial charge on any atom is -0.385 e. The van der Waals surface area contributed by atoms with Crippen molar-refractivity contribution in [2.45, 2.75) is 45.4 Å². The second-order valence-corrected chi connectivity index (χ2v) is 8.23. The van der Waals surface area contributed by atoms with Gasteiger partial charge in [-0.3, -0.25) is 0 Å². The maximum Gasteiger partial charge on any atom is 0.194 e. The number of thiophene rings is 1. The molecular weight excluding hydrogens is 388 g/mol. The molecule has 1 aliphatic heterocycles. The molecule has 8 nitrogen and oxygen atoms in total. The molecule has 0 unspecified atom stereocenters. The fourth-order valence-electron chi connectivity index (χ4n) is 3.27. The van der Waals surface area contributed by atoms with Crippen molar-refractivity contribution in [1.82, 2.24) is 25.0 Å². The number of piperidine rings is 1. The molecule has 0 radical (unpaired) electrons. The van der Waals surface area contributed by atoms with E-state index in [0.717, 1.165) is 69.7 Å². The number of guanidine groups is 1. The van der Waals surface area contributed by atoms with Crippen LogP contribution in [-0.4, -0.2) is 65.1 Å². The molecule has 0 atom stereocenters. The molecule has 0 aromatic carbocycles. The summed E-state index contributed by atoms with van der Waals surface area (Å²) in [5, 5.41) is 14.0. The summed E-state index contributed by atoms with van der Waals surface area (Å²) < 4.78 is 13.1. The Kier molecular flexibility index (Phi) is 8.45. The van der Waals surface area contributed by atoms with E-state index in [4.69, 9.17) is 14.5 Å². The highest BCUT2D eigenvalue weighted by molar-refractivity contribution is 7.09. The minimum absolute atomic E-state index is 0.322. The molecule has 0 spiro atoms. The summed E-state index contributed by atoms with van der Waals surface area (Å²) in [6.45, 7) is 6.63. The van der Waals surface area contributed by atoms with Crippen LogP contribution in [0.25, 0.3) is 0 Å². The van der Waals surface area contributed by atoms with Crippen molar-refractivity contribution in [2.24, 2.45) is 12.0 Å². The highest BCUT2D eigenvalue weighted by Crippen LogP contribution is 2.15. The van der Waals surface area contributed by atoms with Gasteiger partial charge in [-0.1, -0.05) is 6.07 Å². The Hall–Kier alpha value is -1.97. The summed E-state index contributed by atoms with van der Waals surface area (Å²) in [7, 11) is 3.70. The van der Waals surface area contributed by atoms with E-state index in [1.165, 1.54) is 4.88 Å². The molecule has 0 bridgehead atoms. The van der Waals surface area contributed by atoms with Crippen LogP contribution in [0.2, 0.25) is 0 Å². The summed E-state index contributed by atoms with van der Waals surface area (Å²) in [5.74, 6) is 2.70. The largest absolute Gasteiger partial charge is 0.385 e. The quantitative estimate of drug-likeness (QED) is 0.381. The van der Waals surface area contributed by atoms with Crippen LogP contribution in [0.4, 0.5) is 0 Å². The summed E-state index contributed by atoms with van der Waals surface area (Å²) in [6, 6.07) is 4.22. The number of rotatable bonds is 9. The van der Waals surface area contributed by atoms with Crippen LogP contribution in [0.5, 0.6) is 0 Å². The van der Waals surface area contributed by atoms with E-state index in [1.54, 1.807) is 18.4 Å². The first-order chi connectivity index (χ1) is 14.2. The van der Waals surface area contributed by atoms with Crippen LogP contribution in [0, 0.1) is 6.92 Å². The second kappa shape index (κ2) is 11.3. The number of hydrogen-bond acceptors (Lipinski definition) is 6. The van der Waals surface area contributed by atoms with Crippen LogP contribution >= 0.6 is 11.3 Å². The third kappa shape index (κ3) is 6.52. The molecule has 1 saturated heterocycles. The molecular formula is C20H32N6O2S. The number of nitrogens with one attached hydrogen (secondary N) is 1. The molecule has 3 rings (SSSR count). The summed E-state index contributed by atoms with van der Waals surface area (Å²) >= 11 is 1.75. The van der Waals surface area contributed by atoms with Crippen LogP contribution in [0.15, 0.2) is 22.5 Å². The van der Waals surface area contributed by atoms with Crippen molar-refractivity contribution in [1.29, 1.82) is 0 Å². The van der Waals surface area contributed by atoms with E-state index < -0.39 is 0 Å². The van der Waals surface area contributed by atoms with Crippen LogP contribution in [-0.2, 0) is 29.6 Å². The van der Waals surface area contributed by atoms with Crippen molar-refractivity contribution in [3.63, 3.8) is 0 Å². The van der Waals surface area contributed by atoms with Gasteiger partial charge in [-0.05, 0) is 37.6 Å². The first-order valence-corrected chi connectivity index (χ1v) is 11.1. The van der Waals surface area contributed by atoms with E-state index in [2.05, 4.69) is 37.9 Å². The molecule has 3 heterocycles. The number of methoxy groups -OCH3 is 1. The molecule has 1 aliphatic rings. The molecule has 160 valence electrons. The third-order valence-corrected chi connectivity index (χ3v) is 6.02. The predicted molar refractivity (Wildman–Crippen MR) is 115 cm³/mol. The van der Waals surface area contributed by atoms with Crippen LogP contribution < -0.4 is 5.32 Å². The van der Waals surface area contributed by atoms with Gasteiger partial charge in [0.05, 0.1) is 12.6 Å². The standard InChI is InChI=1S/C20H32N6O2S/c1-16-23-24-19(25(16)2)15-22-20(21-14-18-6-4-13-29-18)26-9-7-17(8-10-26)28-12-5-11-27-3/h4,6,13,17H,5,7-12,14-15H2,1-3H3,(H,21,22). The molecule has 1 N–H and O–H groups in total. The van der Waals surface area contributed by atoms with Gasteiger partial charge in [0.1, 0.15) is 12.4 Å². The van der Waals surface area contributed by atoms with Gasteiger partial charge in [0.25, 0.3) is 0 Å². The van der Waals surface area contributed by atoms with E-state index in [1.807, 2.05) is 18.5 Å². The Morgan fingerprint density at radius 1 is 1.31 bits per heavy atom. The normalized spacial score (nSPS) is 15.8. The van der Waals surface area contributed by atoms with Gasteiger partial charge >= 0.3 is 0 Å². The Morgan fingerprint density at radius 2 is 2.14 bits per heavy atom. The number of aliphatic imine (C=N–C) groups is 1. The minimum atomic E-state index is 0.322. The van der Waals surface area contributed by atoms with E-state index in [9.17, 15) is 0 Å². The molecule has 2 aromatic heterocycles. The zero-order valence-corrected chi connectivity index (χ0v) is 18.5. The van der Waals surface area contributed by atoms with Gasteiger partial charge in [-0.2, -0.15) is 0 Å². The number of likely N-dealkylation sites (tertiary alicyclic amines) is 1. The monoisotopic (exact) mass is 420 g/mol. The Labute approximate surface area is 176 Å². The first-order valence-electron chi connectivity index (χ1n) is 10.2. The second-order valence-electron chi connectivity index (χ2n) is 7.20. The molecule has 0 aliphatic carbocycles. The van der Waals surface area contributed by atoms with Crippen molar-refractivity contribution in [3.8, 4) is 0 Å². The fraction of sp³-hybridized carbons (Fsp3) is 0.650. The van der Waals surface area contributed by atoms with E-state index in [-0.39, 0.29) is 0 Å². The summed E-state index contributed by atoms with van der Waals surface area (Å²) in [6.07, 6.45) is 3.29. The lowest BCUT2D eigenvalue weighted by molar-refractivity contribution is 0.00987. The molecule has 0 amide bonds. The average molecular weight is 421 g/mol. The van der Waals surface area contributed by atoms with Crippen molar-refractivity contribution in [3.05, 3.63) is 34.0 Å². The summed E-state index contributed by atoms with van der Waals surface area (Å²) in [5.41, 5.74) is 0. The molecule has 1 fully saturated rings. The SMILES string of the molecule is COCCCOC1CCN(C(=NCc2nnc(C)n2C)NCc2cccs2)CC1. The topological polar surface area (TPSA) is 76.8 Å². The lowest BCUT2D eigenvalue weighted by atomic mass is 10.1. The van der Waals surface area contributed by atoms with Crippen LogP contribution in [0.1, 0.15) is 35.8 Å². The number of ether oxygens (including phenoxy) is 2. The zero-order valence-electron chi connectivity index (χ0n) is 17.6. The van der Waals surface area contributed by atoms with Gasteiger partial charge in [-0.25, -0.2) is 4.99 Å². The maximum absolute atomic E-state index is 5.99.